The number of hydrogen-bond acceptors (Lipinski definition) is 3. The zero-order chi connectivity index (χ0) is 13.0. The lowest BCUT2D eigenvalue weighted by molar-refractivity contribution is 0.403. The van der Waals surface area contributed by atoms with Crippen molar-refractivity contribution in [3.8, 4) is 5.75 Å². The second-order valence-corrected chi connectivity index (χ2v) is 4.54. The average molecular weight is 257 g/mol. The van der Waals surface area contributed by atoms with Gasteiger partial charge in [0, 0.05) is 23.8 Å². The molecule has 0 saturated heterocycles. The minimum absolute atomic E-state index is 0.747. The lowest BCUT2D eigenvalue weighted by Gasteiger charge is -2.19. The summed E-state index contributed by atoms with van der Waals surface area (Å²) in [4.78, 5) is 0. The maximum Gasteiger partial charge on any atom is 0.126 e. The molecule has 0 fully saturated rings. The Balaban J connectivity index is 3.17. The molecule has 1 aromatic rings. The Kier molecular flexibility index (Phi) is 5.25. The summed E-state index contributed by atoms with van der Waals surface area (Å²) in [6.45, 7) is 7.61. The van der Waals surface area contributed by atoms with Gasteiger partial charge in [-0.15, -0.1) is 0 Å². The second-order valence-electron chi connectivity index (χ2n) is 4.16. The standard InChI is InChI=1S/C13H21ClN2O/c1-8-9(2)13(17-5)11(6-16-7-15-4)10(3)12(8)14/h15-16H,6-7H2,1-5H3. The highest BCUT2D eigenvalue weighted by Gasteiger charge is 2.16. The van der Waals surface area contributed by atoms with Gasteiger partial charge < -0.3 is 15.4 Å². The molecule has 3 nitrogen and oxygen atoms in total. The van der Waals surface area contributed by atoms with Crippen LogP contribution in [0.3, 0.4) is 0 Å². The predicted molar refractivity (Wildman–Crippen MR) is 73.0 cm³/mol. The van der Waals surface area contributed by atoms with Gasteiger partial charge in [-0.1, -0.05) is 11.6 Å². The first-order valence-corrected chi connectivity index (χ1v) is 6.09. The fourth-order valence-electron chi connectivity index (χ4n) is 1.95. The van der Waals surface area contributed by atoms with Crippen molar-refractivity contribution in [2.24, 2.45) is 0 Å². The molecule has 0 saturated carbocycles. The Labute approximate surface area is 109 Å². The van der Waals surface area contributed by atoms with Gasteiger partial charge >= 0.3 is 0 Å². The molecule has 0 aromatic heterocycles. The highest BCUT2D eigenvalue weighted by Crippen LogP contribution is 2.35. The molecule has 1 rings (SSSR count). The fourth-order valence-corrected chi connectivity index (χ4v) is 2.20. The van der Waals surface area contributed by atoms with E-state index < -0.39 is 0 Å². The second kappa shape index (κ2) is 6.24. The number of rotatable bonds is 5. The van der Waals surface area contributed by atoms with E-state index in [9.17, 15) is 0 Å². The van der Waals surface area contributed by atoms with E-state index in [-0.39, 0.29) is 0 Å². The number of ether oxygens (including phenoxy) is 1. The summed E-state index contributed by atoms with van der Waals surface area (Å²) in [7, 11) is 3.61. The topological polar surface area (TPSA) is 33.3 Å². The molecule has 0 aliphatic carbocycles. The summed E-state index contributed by atoms with van der Waals surface area (Å²) < 4.78 is 5.50. The zero-order valence-corrected chi connectivity index (χ0v) is 12.0. The molecule has 0 radical (unpaired) electrons. The van der Waals surface area contributed by atoms with E-state index in [1.165, 1.54) is 0 Å². The lowest BCUT2D eigenvalue weighted by Crippen LogP contribution is -2.26. The van der Waals surface area contributed by atoms with Crippen molar-refractivity contribution in [3.05, 3.63) is 27.3 Å². The monoisotopic (exact) mass is 256 g/mol. The van der Waals surface area contributed by atoms with E-state index in [1.54, 1.807) is 7.11 Å². The van der Waals surface area contributed by atoms with Gasteiger partial charge in [-0.2, -0.15) is 0 Å². The number of hydrogen-bond donors (Lipinski definition) is 2. The molecule has 0 aliphatic heterocycles. The quantitative estimate of drug-likeness (QED) is 0.628. The van der Waals surface area contributed by atoms with Crippen molar-refractivity contribution in [2.45, 2.75) is 27.3 Å². The molecule has 17 heavy (non-hydrogen) atoms. The van der Waals surface area contributed by atoms with E-state index >= 15 is 0 Å². The number of halogens is 1. The molecule has 0 spiro atoms. The van der Waals surface area contributed by atoms with Gasteiger partial charge in [0.15, 0.2) is 0 Å². The highest BCUT2D eigenvalue weighted by molar-refractivity contribution is 6.32. The zero-order valence-electron chi connectivity index (χ0n) is 11.2. The van der Waals surface area contributed by atoms with Crippen LogP contribution in [0, 0.1) is 20.8 Å². The van der Waals surface area contributed by atoms with Gasteiger partial charge in [0.25, 0.3) is 0 Å². The molecule has 0 bridgehead atoms. The van der Waals surface area contributed by atoms with Gasteiger partial charge in [0.1, 0.15) is 5.75 Å². The third-order valence-electron chi connectivity index (χ3n) is 3.10. The van der Waals surface area contributed by atoms with Crippen LogP contribution in [0.1, 0.15) is 22.3 Å². The molecule has 2 N–H and O–H groups in total. The Bertz CT molecular complexity index is 405. The molecular weight excluding hydrogens is 236 g/mol. The van der Waals surface area contributed by atoms with Gasteiger partial charge in [0.05, 0.1) is 7.11 Å². The van der Waals surface area contributed by atoms with Crippen molar-refractivity contribution < 1.29 is 4.74 Å². The van der Waals surface area contributed by atoms with Crippen LogP contribution in [0.5, 0.6) is 5.75 Å². The lowest BCUT2D eigenvalue weighted by atomic mass is 9.98. The Morgan fingerprint density at radius 3 is 2.29 bits per heavy atom. The Morgan fingerprint density at radius 2 is 1.76 bits per heavy atom. The summed E-state index contributed by atoms with van der Waals surface area (Å²) in [5.41, 5.74) is 4.44. The molecule has 0 unspecified atom stereocenters. The van der Waals surface area contributed by atoms with Crippen molar-refractivity contribution in [1.29, 1.82) is 0 Å². The van der Waals surface area contributed by atoms with Gasteiger partial charge in [-0.25, -0.2) is 0 Å². The Morgan fingerprint density at radius 1 is 1.12 bits per heavy atom. The van der Waals surface area contributed by atoms with Gasteiger partial charge in [-0.3, -0.25) is 0 Å². The summed E-state index contributed by atoms with van der Waals surface area (Å²) >= 11 is 6.33. The van der Waals surface area contributed by atoms with E-state index in [2.05, 4.69) is 10.6 Å². The van der Waals surface area contributed by atoms with E-state index in [0.29, 0.717) is 0 Å². The summed E-state index contributed by atoms with van der Waals surface area (Å²) in [5, 5.41) is 7.18. The first-order chi connectivity index (χ1) is 8.04. The summed E-state index contributed by atoms with van der Waals surface area (Å²) in [5.74, 6) is 0.938. The first kappa shape index (κ1) is 14.3. The molecule has 4 heteroatoms. The third-order valence-corrected chi connectivity index (χ3v) is 3.66. The number of methoxy groups -OCH3 is 1. The van der Waals surface area contributed by atoms with Crippen LogP contribution in [0.2, 0.25) is 5.02 Å². The van der Waals surface area contributed by atoms with Crippen LogP contribution in [0.15, 0.2) is 0 Å². The van der Waals surface area contributed by atoms with Crippen LogP contribution in [-0.4, -0.2) is 20.8 Å². The number of nitrogens with one attached hydrogen (secondary N) is 2. The van der Waals surface area contributed by atoms with Crippen LogP contribution in [0.4, 0.5) is 0 Å². The number of benzene rings is 1. The highest BCUT2D eigenvalue weighted by atomic mass is 35.5. The van der Waals surface area contributed by atoms with Crippen LogP contribution >= 0.6 is 11.6 Å². The SMILES string of the molecule is CNCNCc1c(C)c(Cl)c(C)c(C)c1OC. The maximum absolute atomic E-state index is 6.33. The van der Waals surface area contributed by atoms with Crippen molar-refractivity contribution >= 4 is 11.6 Å². The van der Waals surface area contributed by atoms with Crippen LogP contribution < -0.4 is 15.4 Å². The predicted octanol–water partition coefficient (Wildman–Crippen LogP) is 2.54. The minimum Gasteiger partial charge on any atom is -0.496 e. The van der Waals surface area contributed by atoms with Crippen LogP contribution in [-0.2, 0) is 6.54 Å². The molecular formula is C13H21ClN2O. The Hall–Kier alpha value is -0.770. The fraction of sp³-hybridized carbons (Fsp3) is 0.538. The molecule has 0 atom stereocenters. The molecule has 0 aliphatic rings. The largest absolute Gasteiger partial charge is 0.496 e. The van der Waals surface area contributed by atoms with E-state index in [1.807, 2.05) is 27.8 Å². The average Bonchev–Trinajstić information content (AvgIpc) is 2.33. The van der Waals surface area contributed by atoms with Crippen molar-refractivity contribution in [1.82, 2.24) is 10.6 Å². The normalized spacial score (nSPS) is 10.7. The molecule has 1 aromatic carbocycles. The summed E-state index contributed by atoms with van der Waals surface area (Å²) in [6.07, 6.45) is 0. The van der Waals surface area contributed by atoms with Crippen molar-refractivity contribution in [2.75, 3.05) is 20.8 Å². The van der Waals surface area contributed by atoms with Crippen molar-refractivity contribution in [3.63, 3.8) is 0 Å². The van der Waals surface area contributed by atoms with E-state index in [0.717, 1.165) is 46.2 Å². The third kappa shape index (κ3) is 2.92. The van der Waals surface area contributed by atoms with E-state index in [4.69, 9.17) is 16.3 Å². The molecule has 96 valence electrons. The van der Waals surface area contributed by atoms with Gasteiger partial charge in [-0.05, 0) is 44.5 Å². The molecule has 0 amide bonds. The van der Waals surface area contributed by atoms with Gasteiger partial charge in [0.2, 0.25) is 0 Å². The molecule has 0 heterocycles. The maximum atomic E-state index is 6.33. The van der Waals surface area contributed by atoms with Crippen LogP contribution in [0.25, 0.3) is 0 Å². The minimum atomic E-state index is 0.747. The smallest absolute Gasteiger partial charge is 0.126 e. The summed E-state index contributed by atoms with van der Waals surface area (Å²) in [6, 6.07) is 0. The first-order valence-electron chi connectivity index (χ1n) is 5.72.